The van der Waals surface area contributed by atoms with Gasteiger partial charge in [0.05, 0.1) is 18.2 Å². The highest BCUT2D eigenvalue weighted by Gasteiger charge is 2.37. The van der Waals surface area contributed by atoms with Crippen molar-refractivity contribution in [3.05, 3.63) is 77.9 Å². The van der Waals surface area contributed by atoms with E-state index in [2.05, 4.69) is 0 Å². The van der Waals surface area contributed by atoms with Gasteiger partial charge in [0.15, 0.2) is 0 Å². The average Bonchev–Trinajstić information content (AvgIpc) is 2.66. The summed E-state index contributed by atoms with van der Waals surface area (Å²) in [4.78, 5) is 0. The molecule has 1 nitrogen and oxygen atoms in total. The van der Waals surface area contributed by atoms with E-state index in [4.69, 9.17) is 4.74 Å². The molecule has 0 saturated heterocycles. The third kappa shape index (κ3) is 3.83. The number of alkyl halides is 6. The Morgan fingerprint density at radius 1 is 0.607 bits per heavy atom. The first-order valence-corrected chi connectivity index (χ1v) is 8.14. The molecule has 0 amide bonds. The number of halogens is 6. The fourth-order valence-corrected chi connectivity index (χ4v) is 3.03. The van der Waals surface area contributed by atoms with Crippen LogP contribution in [0.2, 0.25) is 0 Å². The Labute approximate surface area is 157 Å². The highest BCUT2D eigenvalue weighted by Crippen LogP contribution is 2.45. The predicted octanol–water partition coefficient (Wildman–Crippen LogP) is 7.07. The maximum absolute atomic E-state index is 14.0. The lowest BCUT2D eigenvalue weighted by atomic mass is 9.90. The van der Waals surface area contributed by atoms with E-state index in [1.165, 1.54) is 31.4 Å². The molecule has 3 aromatic rings. The van der Waals surface area contributed by atoms with Crippen LogP contribution in [0.1, 0.15) is 11.1 Å². The Kier molecular flexibility index (Phi) is 5.10. The molecule has 0 saturated carbocycles. The SMILES string of the molecule is COc1ccccc1-c1cccc(-c2ccc(C(F)(F)F)cc2)c1C(F)(F)F. The second kappa shape index (κ2) is 7.22. The summed E-state index contributed by atoms with van der Waals surface area (Å²) in [6.07, 6.45) is -9.29. The fraction of sp³-hybridized carbons (Fsp3) is 0.143. The quantitative estimate of drug-likeness (QED) is 0.431. The summed E-state index contributed by atoms with van der Waals surface area (Å²) in [5.41, 5.74) is -1.89. The van der Waals surface area contributed by atoms with Crippen molar-refractivity contribution in [1.29, 1.82) is 0 Å². The molecule has 0 aliphatic carbocycles. The van der Waals surface area contributed by atoms with Crippen molar-refractivity contribution >= 4 is 0 Å². The van der Waals surface area contributed by atoms with Crippen LogP contribution in [0.15, 0.2) is 66.7 Å². The van der Waals surface area contributed by atoms with Crippen molar-refractivity contribution in [3.8, 4) is 28.0 Å². The molecular formula is C21H14F6O. The van der Waals surface area contributed by atoms with E-state index in [1.807, 2.05) is 0 Å². The summed E-state index contributed by atoms with van der Waals surface area (Å²) in [5, 5.41) is 0. The van der Waals surface area contributed by atoms with Gasteiger partial charge in [-0.2, -0.15) is 26.3 Å². The number of rotatable bonds is 3. The Balaban J connectivity index is 2.24. The Morgan fingerprint density at radius 2 is 1.18 bits per heavy atom. The molecule has 0 bridgehead atoms. The Hall–Kier alpha value is -2.96. The summed E-state index contributed by atoms with van der Waals surface area (Å²) in [6, 6.07) is 13.9. The van der Waals surface area contributed by atoms with Crippen LogP contribution in [0.4, 0.5) is 26.3 Å². The lowest BCUT2D eigenvalue weighted by Gasteiger charge is -2.19. The third-order valence-electron chi connectivity index (χ3n) is 4.27. The van der Waals surface area contributed by atoms with E-state index >= 15 is 0 Å². The molecule has 7 heteroatoms. The lowest BCUT2D eigenvalue weighted by Crippen LogP contribution is -2.10. The average molecular weight is 396 g/mol. The summed E-state index contributed by atoms with van der Waals surface area (Å²) in [7, 11) is 1.35. The van der Waals surface area contributed by atoms with Crippen molar-refractivity contribution in [1.82, 2.24) is 0 Å². The van der Waals surface area contributed by atoms with Gasteiger partial charge in [0.25, 0.3) is 0 Å². The zero-order valence-corrected chi connectivity index (χ0v) is 14.5. The first kappa shape index (κ1) is 19.8. The van der Waals surface area contributed by atoms with Crippen LogP contribution >= 0.6 is 0 Å². The first-order valence-electron chi connectivity index (χ1n) is 8.14. The third-order valence-corrected chi connectivity index (χ3v) is 4.27. The summed E-state index contributed by atoms with van der Waals surface area (Å²) < 4.78 is 85.4. The number of methoxy groups -OCH3 is 1. The summed E-state index contributed by atoms with van der Waals surface area (Å²) >= 11 is 0. The second-order valence-electron chi connectivity index (χ2n) is 6.00. The molecular weight excluding hydrogens is 382 g/mol. The van der Waals surface area contributed by atoms with Gasteiger partial charge in [0.1, 0.15) is 5.75 Å². The van der Waals surface area contributed by atoms with E-state index in [1.54, 1.807) is 18.2 Å². The second-order valence-corrected chi connectivity index (χ2v) is 6.00. The van der Waals surface area contributed by atoms with Crippen LogP contribution in [-0.2, 0) is 12.4 Å². The van der Waals surface area contributed by atoms with E-state index < -0.39 is 23.5 Å². The van der Waals surface area contributed by atoms with Crippen LogP contribution in [0.25, 0.3) is 22.3 Å². The summed E-state index contributed by atoms with van der Waals surface area (Å²) in [6.45, 7) is 0. The van der Waals surface area contributed by atoms with Gasteiger partial charge >= 0.3 is 12.4 Å². The minimum atomic E-state index is -4.73. The molecule has 0 aliphatic rings. The molecule has 0 fully saturated rings. The minimum absolute atomic E-state index is 0.0390. The van der Waals surface area contributed by atoms with Gasteiger partial charge in [-0.15, -0.1) is 0 Å². The van der Waals surface area contributed by atoms with Crippen LogP contribution in [0.5, 0.6) is 5.75 Å². The van der Waals surface area contributed by atoms with Crippen molar-refractivity contribution in [3.63, 3.8) is 0 Å². The number of hydrogen-bond acceptors (Lipinski definition) is 1. The molecule has 0 spiro atoms. The standard InChI is InChI=1S/C21H14F6O/c1-28-18-8-3-2-5-16(18)17-7-4-6-15(19(17)21(25,26)27)13-9-11-14(12-10-13)20(22,23)24/h2-12H,1H3. The maximum Gasteiger partial charge on any atom is 0.417 e. The number of hydrogen-bond donors (Lipinski definition) is 0. The Morgan fingerprint density at radius 3 is 1.75 bits per heavy atom. The Bertz CT molecular complexity index is 971. The fourth-order valence-electron chi connectivity index (χ4n) is 3.03. The van der Waals surface area contributed by atoms with Crippen LogP contribution in [0.3, 0.4) is 0 Å². The molecule has 0 aromatic heterocycles. The number of ether oxygens (including phenoxy) is 1. The highest BCUT2D eigenvalue weighted by molar-refractivity contribution is 5.82. The van der Waals surface area contributed by atoms with Gasteiger partial charge < -0.3 is 4.74 Å². The molecule has 0 radical (unpaired) electrons. The zero-order chi connectivity index (χ0) is 20.5. The van der Waals surface area contributed by atoms with Gasteiger partial charge in [-0.25, -0.2) is 0 Å². The molecule has 146 valence electrons. The van der Waals surface area contributed by atoms with E-state index in [0.29, 0.717) is 0 Å². The van der Waals surface area contributed by atoms with Crippen molar-refractivity contribution in [2.24, 2.45) is 0 Å². The molecule has 0 heterocycles. The molecule has 0 N–H and O–H groups in total. The van der Waals surface area contributed by atoms with Crippen molar-refractivity contribution in [2.75, 3.05) is 7.11 Å². The smallest absolute Gasteiger partial charge is 0.417 e. The van der Waals surface area contributed by atoms with Gasteiger partial charge in [-0.05, 0) is 34.9 Å². The summed E-state index contributed by atoms with van der Waals surface area (Å²) in [5.74, 6) is 0.262. The molecule has 0 aliphatic heterocycles. The van der Waals surface area contributed by atoms with Gasteiger partial charge in [-0.1, -0.05) is 48.5 Å². The van der Waals surface area contributed by atoms with Crippen LogP contribution in [0, 0.1) is 0 Å². The lowest BCUT2D eigenvalue weighted by molar-refractivity contribution is -0.138. The number of benzene rings is 3. The minimum Gasteiger partial charge on any atom is -0.496 e. The van der Waals surface area contributed by atoms with Crippen LogP contribution in [-0.4, -0.2) is 7.11 Å². The zero-order valence-electron chi connectivity index (χ0n) is 14.5. The normalized spacial score (nSPS) is 12.1. The first-order chi connectivity index (χ1) is 13.1. The highest BCUT2D eigenvalue weighted by atomic mass is 19.4. The molecule has 3 aromatic carbocycles. The monoisotopic (exact) mass is 396 g/mol. The molecule has 0 atom stereocenters. The van der Waals surface area contributed by atoms with Crippen molar-refractivity contribution < 1.29 is 31.1 Å². The maximum atomic E-state index is 14.0. The van der Waals surface area contributed by atoms with E-state index in [9.17, 15) is 26.3 Å². The molecule has 3 rings (SSSR count). The van der Waals surface area contributed by atoms with E-state index in [0.717, 1.165) is 24.3 Å². The molecule has 0 unspecified atom stereocenters. The molecule has 28 heavy (non-hydrogen) atoms. The van der Waals surface area contributed by atoms with Crippen molar-refractivity contribution in [2.45, 2.75) is 12.4 Å². The number of para-hydroxylation sites is 1. The van der Waals surface area contributed by atoms with Crippen LogP contribution < -0.4 is 4.74 Å². The van der Waals surface area contributed by atoms with Gasteiger partial charge in [0.2, 0.25) is 0 Å². The van der Waals surface area contributed by atoms with Gasteiger partial charge in [0, 0.05) is 5.56 Å². The largest absolute Gasteiger partial charge is 0.496 e. The topological polar surface area (TPSA) is 9.23 Å². The van der Waals surface area contributed by atoms with E-state index in [-0.39, 0.29) is 28.0 Å². The predicted molar refractivity (Wildman–Crippen MR) is 93.9 cm³/mol. The van der Waals surface area contributed by atoms with Gasteiger partial charge in [-0.3, -0.25) is 0 Å².